The van der Waals surface area contributed by atoms with Crippen LogP contribution in [0, 0.1) is 5.92 Å². The lowest BCUT2D eigenvalue weighted by molar-refractivity contribution is 0.473. The summed E-state index contributed by atoms with van der Waals surface area (Å²) in [6, 6.07) is 2.76. The van der Waals surface area contributed by atoms with Gasteiger partial charge in [-0.15, -0.1) is 11.3 Å². The van der Waals surface area contributed by atoms with Crippen molar-refractivity contribution in [3.8, 4) is 0 Å². The number of hydrogen-bond acceptors (Lipinski definition) is 5. The fourth-order valence-electron chi connectivity index (χ4n) is 3.31. The van der Waals surface area contributed by atoms with Crippen LogP contribution in [0.5, 0.6) is 0 Å². The maximum atomic E-state index is 5.92. The number of rotatable bonds is 4. The van der Waals surface area contributed by atoms with Gasteiger partial charge in [0.1, 0.15) is 17.0 Å². The van der Waals surface area contributed by atoms with Crippen molar-refractivity contribution in [1.29, 1.82) is 0 Å². The van der Waals surface area contributed by atoms with Crippen LogP contribution in [0.4, 0.5) is 5.82 Å². The summed E-state index contributed by atoms with van der Waals surface area (Å²) in [4.78, 5) is 13.8. The summed E-state index contributed by atoms with van der Waals surface area (Å²) >= 11 is 1.78. The molecule has 0 amide bonds. The second-order valence-corrected chi connectivity index (χ2v) is 6.70. The van der Waals surface area contributed by atoms with E-state index in [1.807, 2.05) is 0 Å². The first-order valence-electron chi connectivity index (χ1n) is 7.41. The zero-order valence-corrected chi connectivity index (χ0v) is 13.0. The minimum Gasteiger partial charge on any atom is -0.356 e. The molecule has 5 heteroatoms. The molecular formula is C15H22N4S. The van der Waals surface area contributed by atoms with Crippen LogP contribution in [-0.2, 0) is 6.42 Å². The number of thiophene rings is 1. The van der Waals surface area contributed by atoms with E-state index >= 15 is 0 Å². The average Bonchev–Trinajstić information content (AvgIpc) is 3.11. The highest BCUT2D eigenvalue weighted by Crippen LogP contribution is 2.35. The monoisotopic (exact) mass is 290 g/mol. The highest BCUT2D eigenvalue weighted by Gasteiger charge is 2.30. The summed E-state index contributed by atoms with van der Waals surface area (Å²) in [5.41, 5.74) is 5.92. The summed E-state index contributed by atoms with van der Waals surface area (Å²) < 4.78 is 0. The van der Waals surface area contributed by atoms with E-state index in [4.69, 9.17) is 5.73 Å². The summed E-state index contributed by atoms with van der Waals surface area (Å²) in [5, 5.41) is 1.19. The van der Waals surface area contributed by atoms with Crippen LogP contribution in [0.25, 0.3) is 10.2 Å². The molecule has 1 aliphatic rings. The molecule has 2 N–H and O–H groups in total. The van der Waals surface area contributed by atoms with Crippen molar-refractivity contribution in [1.82, 2.24) is 9.97 Å². The minimum atomic E-state index is 0.517. The van der Waals surface area contributed by atoms with Crippen molar-refractivity contribution in [3.63, 3.8) is 0 Å². The average molecular weight is 290 g/mol. The smallest absolute Gasteiger partial charge is 0.140 e. The van der Waals surface area contributed by atoms with E-state index in [1.165, 1.54) is 29.5 Å². The van der Waals surface area contributed by atoms with Gasteiger partial charge in [-0.3, -0.25) is 0 Å². The highest BCUT2D eigenvalue weighted by atomic mass is 32.1. The molecule has 2 aromatic rings. The van der Waals surface area contributed by atoms with Crippen LogP contribution >= 0.6 is 11.3 Å². The van der Waals surface area contributed by atoms with E-state index in [-0.39, 0.29) is 0 Å². The van der Waals surface area contributed by atoms with E-state index in [0.29, 0.717) is 12.0 Å². The van der Waals surface area contributed by atoms with Crippen molar-refractivity contribution in [2.45, 2.75) is 38.6 Å². The molecule has 2 atom stereocenters. The summed E-state index contributed by atoms with van der Waals surface area (Å²) in [6.45, 7) is 2.95. The van der Waals surface area contributed by atoms with E-state index in [0.717, 1.165) is 23.6 Å². The van der Waals surface area contributed by atoms with Crippen molar-refractivity contribution in [3.05, 3.63) is 17.3 Å². The fraction of sp³-hybridized carbons (Fsp3) is 0.600. The second kappa shape index (κ2) is 5.66. The molecule has 1 fully saturated rings. The summed E-state index contributed by atoms with van der Waals surface area (Å²) in [5.74, 6) is 1.66. The molecule has 0 bridgehead atoms. The Balaban J connectivity index is 1.98. The Morgan fingerprint density at radius 2 is 2.25 bits per heavy atom. The molecule has 0 spiro atoms. The Hall–Kier alpha value is -1.20. The molecule has 1 aliphatic carbocycles. The van der Waals surface area contributed by atoms with Crippen molar-refractivity contribution < 1.29 is 0 Å². The highest BCUT2D eigenvalue weighted by molar-refractivity contribution is 7.18. The predicted molar refractivity (Wildman–Crippen MR) is 85.4 cm³/mol. The number of aromatic nitrogens is 2. The van der Waals surface area contributed by atoms with Gasteiger partial charge in [-0.2, -0.15) is 0 Å². The number of anilines is 1. The van der Waals surface area contributed by atoms with Crippen LogP contribution in [-0.4, -0.2) is 29.6 Å². The van der Waals surface area contributed by atoms with Crippen molar-refractivity contribution >= 4 is 27.4 Å². The number of aryl methyl sites for hydroxylation is 1. The third-order valence-corrected chi connectivity index (χ3v) is 5.65. The third kappa shape index (κ3) is 2.29. The Labute approximate surface area is 124 Å². The SMILES string of the molecule is CCc1cc2c(N(C)C3CCCC3CN)ncnc2s1. The van der Waals surface area contributed by atoms with Crippen LogP contribution in [0.2, 0.25) is 0 Å². The van der Waals surface area contributed by atoms with E-state index in [2.05, 4.69) is 34.9 Å². The third-order valence-electron chi connectivity index (χ3n) is 4.46. The van der Waals surface area contributed by atoms with Gasteiger partial charge in [0.25, 0.3) is 0 Å². The van der Waals surface area contributed by atoms with Gasteiger partial charge >= 0.3 is 0 Å². The Morgan fingerprint density at radius 1 is 1.40 bits per heavy atom. The number of nitrogens with two attached hydrogens (primary N) is 1. The molecule has 0 radical (unpaired) electrons. The summed E-state index contributed by atoms with van der Waals surface area (Å²) in [6.07, 6.45) is 6.47. The van der Waals surface area contributed by atoms with Crippen molar-refractivity contribution in [2.24, 2.45) is 11.7 Å². The van der Waals surface area contributed by atoms with Gasteiger partial charge in [0.15, 0.2) is 0 Å². The second-order valence-electron chi connectivity index (χ2n) is 5.59. The molecule has 108 valence electrons. The summed E-state index contributed by atoms with van der Waals surface area (Å²) in [7, 11) is 2.16. The van der Waals surface area contributed by atoms with E-state index in [1.54, 1.807) is 17.7 Å². The fourth-order valence-corrected chi connectivity index (χ4v) is 4.24. The molecule has 4 nitrogen and oxygen atoms in total. The largest absolute Gasteiger partial charge is 0.356 e. The molecule has 3 rings (SSSR count). The van der Waals surface area contributed by atoms with Crippen LogP contribution in [0.3, 0.4) is 0 Å². The molecule has 0 saturated heterocycles. The van der Waals surface area contributed by atoms with Crippen LogP contribution in [0.1, 0.15) is 31.1 Å². The number of hydrogen-bond donors (Lipinski definition) is 1. The zero-order valence-electron chi connectivity index (χ0n) is 12.2. The van der Waals surface area contributed by atoms with Gasteiger partial charge in [-0.05, 0) is 37.8 Å². The lowest BCUT2D eigenvalue weighted by Crippen LogP contribution is -2.38. The van der Waals surface area contributed by atoms with Gasteiger partial charge < -0.3 is 10.6 Å². The molecule has 2 heterocycles. The molecule has 2 unspecified atom stereocenters. The maximum absolute atomic E-state index is 5.92. The van der Waals surface area contributed by atoms with E-state index in [9.17, 15) is 0 Å². The maximum Gasteiger partial charge on any atom is 0.140 e. The molecule has 0 aromatic carbocycles. The van der Waals surface area contributed by atoms with Gasteiger partial charge in [0.05, 0.1) is 5.39 Å². The van der Waals surface area contributed by atoms with Gasteiger partial charge in [0.2, 0.25) is 0 Å². The van der Waals surface area contributed by atoms with E-state index < -0.39 is 0 Å². The number of nitrogens with zero attached hydrogens (tertiary/aromatic N) is 3. The predicted octanol–water partition coefficient (Wildman–Crippen LogP) is 2.82. The van der Waals surface area contributed by atoms with Crippen molar-refractivity contribution in [2.75, 3.05) is 18.5 Å². The van der Waals surface area contributed by atoms with Gasteiger partial charge in [-0.1, -0.05) is 13.3 Å². The van der Waals surface area contributed by atoms with Crippen LogP contribution in [0.15, 0.2) is 12.4 Å². The lowest BCUT2D eigenvalue weighted by atomic mass is 10.0. The van der Waals surface area contributed by atoms with Crippen LogP contribution < -0.4 is 10.6 Å². The normalized spacial score (nSPS) is 22.6. The Bertz CT molecular complexity index is 595. The molecule has 1 saturated carbocycles. The lowest BCUT2D eigenvalue weighted by Gasteiger charge is -2.30. The first-order valence-corrected chi connectivity index (χ1v) is 8.22. The minimum absolute atomic E-state index is 0.517. The van der Waals surface area contributed by atoms with Gasteiger partial charge in [-0.25, -0.2) is 9.97 Å². The Morgan fingerprint density at radius 3 is 3.00 bits per heavy atom. The van der Waals surface area contributed by atoms with Gasteiger partial charge in [0, 0.05) is 18.0 Å². The first kappa shape index (κ1) is 13.8. The first-order chi connectivity index (χ1) is 9.74. The molecular weight excluding hydrogens is 268 g/mol. The standard InChI is InChI=1S/C15H22N4S/c1-3-11-7-12-14(17-9-18-15(12)20-11)19(2)13-6-4-5-10(13)8-16/h7,9-10,13H,3-6,8,16H2,1-2H3. The zero-order chi connectivity index (χ0) is 14.1. The molecule has 2 aromatic heterocycles. The quantitative estimate of drug-likeness (QED) is 0.940. The topological polar surface area (TPSA) is 55.0 Å². The molecule has 0 aliphatic heterocycles. The molecule has 20 heavy (non-hydrogen) atoms. The number of fused-ring (bicyclic) bond motifs is 1. The Kier molecular flexibility index (Phi) is 3.89.